The molecule has 0 aromatic carbocycles. The molecule has 0 bridgehead atoms. The zero-order valence-electron chi connectivity index (χ0n) is 12.4. The van der Waals surface area contributed by atoms with Crippen molar-refractivity contribution in [3.8, 4) is 0 Å². The van der Waals surface area contributed by atoms with E-state index in [0.29, 0.717) is 18.0 Å². The molecular formula is C14H24Cl2N4O. The van der Waals surface area contributed by atoms with Gasteiger partial charge in [0.05, 0.1) is 5.56 Å². The molecule has 1 aromatic heterocycles. The molecule has 0 radical (unpaired) electrons. The standard InChI is InChI=1S/C14H22N4O.2ClH/c1-18(2)13-7-6-11(9-16-13)14(19)17-12-5-3-4-10(12)8-15;;/h6-7,9-10,12H,3-5,8,15H2,1-2H3,(H,17,19);2*1H. The molecule has 1 heterocycles. The van der Waals surface area contributed by atoms with Crippen LogP contribution in [-0.4, -0.2) is 37.6 Å². The largest absolute Gasteiger partial charge is 0.363 e. The summed E-state index contributed by atoms with van der Waals surface area (Å²) in [6.07, 6.45) is 4.90. The number of aromatic nitrogens is 1. The summed E-state index contributed by atoms with van der Waals surface area (Å²) in [4.78, 5) is 18.3. The van der Waals surface area contributed by atoms with Crippen molar-refractivity contribution in [1.82, 2.24) is 10.3 Å². The first-order valence-electron chi connectivity index (χ1n) is 6.76. The van der Waals surface area contributed by atoms with Gasteiger partial charge in [0, 0.05) is 26.3 Å². The fourth-order valence-corrected chi connectivity index (χ4v) is 2.55. The lowest BCUT2D eigenvalue weighted by molar-refractivity contribution is 0.0928. The van der Waals surface area contributed by atoms with Gasteiger partial charge in [-0.1, -0.05) is 6.42 Å². The number of carbonyl (C=O) groups is 1. The van der Waals surface area contributed by atoms with Crippen molar-refractivity contribution >= 4 is 36.5 Å². The van der Waals surface area contributed by atoms with Gasteiger partial charge in [0.25, 0.3) is 5.91 Å². The molecule has 2 unspecified atom stereocenters. The van der Waals surface area contributed by atoms with Gasteiger partial charge < -0.3 is 16.0 Å². The van der Waals surface area contributed by atoms with Gasteiger partial charge >= 0.3 is 0 Å². The number of hydrogen-bond donors (Lipinski definition) is 2. The van der Waals surface area contributed by atoms with Gasteiger partial charge in [-0.2, -0.15) is 0 Å². The average Bonchev–Trinajstić information content (AvgIpc) is 2.86. The number of hydrogen-bond acceptors (Lipinski definition) is 4. The number of nitrogens with one attached hydrogen (secondary N) is 1. The van der Waals surface area contributed by atoms with Crippen LogP contribution in [0.3, 0.4) is 0 Å². The molecule has 21 heavy (non-hydrogen) atoms. The van der Waals surface area contributed by atoms with Crippen molar-refractivity contribution in [2.45, 2.75) is 25.3 Å². The molecule has 1 amide bonds. The Balaban J connectivity index is 0.00000200. The van der Waals surface area contributed by atoms with Gasteiger partial charge in [-0.05, 0) is 37.4 Å². The molecule has 5 nitrogen and oxygen atoms in total. The number of amides is 1. The van der Waals surface area contributed by atoms with E-state index < -0.39 is 0 Å². The number of halogens is 2. The van der Waals surface area contributed by atoms with Crippen LogP contribution in [0.5, 0.6) is 0 Å². The van der Waals surface area contributed by atoms with Crippen molar-refractivity contribution in [3.63, 3.8) is 0 Å². The predicted molar refractivity (Wildman–Crippen MR) is 90.7 cm³/mol. The van der Waals surface area contributed by atoms with Crippen LogP contribution < -0.4 is 16.0 Å². The van der Waals surface area contributed by atoms with Crippen LogP contribution in [0.1, 0.15) is 29.6 Å². The van der Waals surface area contributed by atoms with Crippen LogP contribution in [0.15, 0.2) is 18.3 Å². The summed E-state index contributed by atoms with van der Waals surface area (Å²) in [6, 6.07) is 3.87. The molecule has 1 aromatic rings. The fraction of sp³-hybridized carbons (Fsp3) is 0.571. The topological polar surface area (TPSA) is 71.2 Å². The predicted octanol–water partition coefficient (Wildman–Crippen LogP) is 1.85. The first kappa shape index (κ1) is 20.0. The van der Waals surface area contributed by atoms with Crippen LogP contribution in [0.25, 0.3) is 0 Å². The van der Waals surface area contributed by atoms with Gasteiger partial charge in [-0.3, -0.25) is 4.79 Å². The highest BCUT2D eigenvalue weighted by atomic mass is 35.5. The lowest BCUT2D eigenvalue weighted by Gasteiger charge is -2.19. The summed E-state index contributed by atoms with van der Waals surface area (Å²) in [5.41, 5.74) is 6.33. The molecular weight excluding hydrogens is 311 g/mol. The molecule has 1 aliphatic rings. The van der Waals surface area contributed by atoms with Crippen LogP contribution in [0, 0.1) is 5.92 Å². The molecule has 7 heteroatoms. The minimum absolute atomic E-state index is 0. The Bertz CT molecular complexity index is 439. The Kier molecular flexibility index (Phi) is 8.63. The maximum Gasteiger partial charge on any atom is 0.253 e. The molecule has 120 valence electrons. The quantitative estimate of drug-likeness (QED) is 0.881. The third-order valence-electron chi connectivity index (χ3n) is 3.75. The van der Waals surface area contributed by atoms with Gasteiger partial charge in [0.1, 0.15) is 5.82 Å². The average molecular weight is 335 g/mol. The third-order valence-corrected chi connectivity index (χ3v) is 3.75. The van der Waals surface area contributed by atoms with Crippen LogP contribution >= 0.6 is 24.8 Å². The second kappa shape index (κ2) is 9.07. The lowest BCUT2D eigenvalue weighted by atomic mass is 10.0. The molecule has 2 atom stereocenters. The van der Waals surface area contributed by atoms with Crippen molar-refractivity contribution in [2.24, 2.45) is 11.7 Å². The zero-order chi connectivity index (χ0) is 13.8. The number of rotatable bonds is 4. The van der Waals surface area contributed by atoms with Crippen molar-refractivity contribution in [3.05, 3.63) is 23.9 Å². The molecule has 3 N–H and O–H groups in total. The highest BCUT2D eigenvalue weighted by Crippen LogP contribution is 2.24. The van der Waals surface area contributed by atoms with E-state index in [2.05, 4.69) is 10.3 Å². The Morgan fingerprint density at radius 3 is 2.62 bits per heavy atom. The van der Waals surface area contributed by atoms with E-state index >= 15 is 0 Å². The first-order valence-corrected chi connectivity index (χ1v) is 6.76. The van der Waals surface area contributed by atoms with E-state index in [0.717, 1.165) is 25.1 Å². The molecule has 0 spiro atoms. The van der Waals surface area contributed by atoms with E-state index in [9.17, 15) is 4.79 Å². The Morgan fingerprint density at radius 1 is 1.38 bits per heavy atom. The fourth-order valence-electron chi connectivity index (χ4n) is 2.55. The number of nitrogens with zero attached hydrogens (tertiary/aromatic N) is 2. The normalized spacial score (nSPS) is 20.1. The first-order chi connectivity index (χ1) is 9.11. The van der Waals surface area contributed by atoms with E-state index in [-0.39, 0.29) is 36.8 Å². The third kappa shape index (κ3) is 5.02. The summed E-state index contributed by atoms with van der Waals surface area (Å²) in [5, 5.41) is 3.07. The molecule has 0 saturated heterocycles. The molecule has 1 saturated carbocycles. The van der Waals surface area contributed by atoms with Crippen molar-refractivity contribution in [1.29, 1.82) is 0 Å². The van der Waals surface area contributed by atoms with Crippen LogP contribution in [-0.2, 0) is 0 Å². The maximum absolute atomic E-state index is 12.1. The number of carbonyl (C=O) groups excluding carboxylic acids is 1. The minimum Gasteiger partial charge on any atom is -0.363 e. The summed E-state index contributed by atoms with van der Waals surface area (Å²) < 4.78 is 0. The summed E-state index contributed by atoms with van der Waals surface area (Å²) in [5.74, 6) is 1.21. The van der Waals surface area contributed by atoms with E-state index in [1.54, 1.807) is 6.20 Å². The SMILES string of the molecule is CN(C)c1ccc(C(=O)NC2CCCC2CN)cn1.Cl.Cl. The molecule has 2 rings (SSSR count). The summed E-state index contributed by atoms with van der Waals surface area (Å²) >= 11 is 0. The highest BCUT2D eigenvalue weighted by molar-refractivity contribution is 5.94. The second-order valence-electron chi connectivity index (χ2n) is 5.31. The summed E-state index contributed by atoms with van der Waals surface area (Å²) in [7, 11) is 3.85. The van der Waals surface area contributed by atoms with E-state index in [1.807, 2.05) is 31.1 Å². The summed E-state index contributed by atoms with van der Waals surface area (Å²) in [6.45, 7) is 0.642. The van der Waals surface area contributed by atoms with Gasteiger partial charge in [-0.15, -0.1) is 24.8 Å². The lowest BCUT2D eigenvalue weighted by Crippen LogP contribution is -2.39. The van der Waals surface area contributed by atoms with Crippen molar-refractivity contribution in [2.75, 3.05) is 25.5 Å². The van der Waals surface area contributed by atoms with Gasteiger partial charge in [0.15, 0.2) is 0 Å². The van der Waals surface area contributed by atoms with E-state index in [1.165, 1.54) is 0 Å². The van der Waals surface area contributed by atoms with Crippen LogP contribution in [0.4, 0.5) is 5.82 Å². The Morgan fingerprint density at radius 2 is 2.10 bits per heavy atom. The Labute approximate surface area is 138 Å². The second-order valence-corrected chi connectivity index (χ2v) is 5.31. The zero-order valence-corrected chi connectivity index (χ0v) is 14.0. The van der Waals surface area contributed by atoms with Crippen molar-refractivity contribution < 1.29 is 4.79 Å². The number of anilines is 1. The monoisotopic (exact) mass is 334 g/mol. The van der Waals surface area contributed by atoms with Gasteiger partial charge in [0.2, 0.25) is 0 Å². The Hall–Kier alpha value is -1.04. The maximum atomic E-state index is 12.1. The number of pyridine rings is 1. The smallest absolute Gasteiger partial charge is 0.253 e. The van der Waals surface area contributed by atoms with Gasteiger partial charge in [-0.25, -0.2) is 4.98 Å². The highest BCUT2D eigenvalue weighted by Gasteiger charge is 2.27. The van der Waals surface area contributed by atoms with Crippen LogP contribution in [0.2, 0.25) is 0 Å². The van der Waals surface area contributed by atoms with E-state index in [4.69, 9.17) is 5.73 Å². The molecule has 1 fully saturated rings. The molecule has 1 aliphatic carbocycles. The number of nitrogens with two attached hydrogens (primary N) is 1. The molecule has 0 aliphatic heterocycles. The minimum atomic E-state index is -0.0526.